The van der Waals surface area contributed by atoms with Crippen molar-refractivity contribution in [1.29, 1.82) is 0 Å². The van der Waals surface area contributed by atoms with Gasteiger partial charge in [-0.15, -0.1) is 0 Å². The second-order valence-corrected chi connectivity index (χ2v) is 9.46. The molecule has 0 spiro atoms. The average molecular weight is 514 g/mol. The molecule has 5 heterocycles. The molecule has 1 atom stereocenters. The van der Waals surface area contributed by atoms with E-state index in [1.165, 1.54) is 7.11 Å². The normalized spacial score (nSPS) is 18.6. The number of hydrogen-bond donors (Lipinski definition) is 2. The van der Waals surface area contributed by atoms with Crippen molar-refractivity contribution in [2.24, 2.45) is 0 Å². The highest BCUT2D eigenvalue weighted by molar-refractivity contribution is 5.80. The van der Waals surface area contributed by atoms with Gasteiger partial charge in [0.05, 0.1) is 23.8 Å². The summed E-state index contributed by atoms with van der Waals surface area (Å²) in [5, 5.41) is 7.58. The number of anilines is 2. The molecule has 38 heavy (non-hydrogen) atoms. The summed E-state index contributed by atoms with van der Waals surface area (Å²) in [7, 11) is 1.40. The average Bonchev–Trinajstić information content (AvgIpc) is 3.43. The molecular formula is C26H27N9O3. The Morgan fingerprint density at radius 1 is 1.08 bits per heavy atom. The van der Waals surface area contributed by atoms with E-state index in [2.05, 4.69) is 36.5 Å². The van der Waals surface area contributed by atoms with Gasteiger partial charge < -0.3 is 25.2 Å². The first-order chi connectivity index (χ1) is 18.6. The first kappa shape index (κ1) is 23.9. The Kier molecular flexibility index (Phi) is 6.16. The summed E-state index contributed by atoms with van der Waals surface area (Å²) in [5.41, 5.74) is 8.56. The third-order valence-corrected chi connectivity index (χ3v) is 7.35. The van der Waals surface area contributed by atoms with Crippen LogP contribution in [0.4, 0.5) is 11.8 Å². The molecule has 12 nitrogen and oxygen atoms in total. The molecule has 6 rings (SSSR count). The van der Waals surface area contributed by atoms with E-state index in [-0.39, 0.29) is 17.3 Å². The lowest BCUT2D eigenvalue weighted by molar-refractivity contribution is -0.142. The standard InChI is InChI=1S/C26H27N9O3/c1-37-23(36)20-15-28-9-10-35(20)21-6-3-16(11-30-21)22-33-24(34-38-22)26(7-2-8-26)18-4-5-19(29-14-18)17-12-31-25(27)32-13-17/h3-6,11-14,20,28H,2,7-10,15H2,1H3,(H2,27,31,32)/t20-/m0/s1. The zero-order valence-corrected chi connectivity index (χ0v) is 20.9. The van der Waals surface area contributed by atoms with Crippen LogP contribution < -0.4 is 16.0 Å². The number of nitrogens with zero attached hydrogens (tertiary/aromatic N) is 7. The van der Waals surface area contributed by atoms with Crippen LogP contribution in [0.25, 0.3) is 22.7 Å². The molecule has 3 N–H and O–H groups in total. The van der Waals surface area contributed by atoms with Gasteiger partial charge in [-0.05, 0) is 36.6 Å². The molecule has 194 valence electrons. The predicted octanol–water partition coefficient (Wildman–Crippen LogP) is 1.99. The number of piperazine rings is 1. The molecule has 1 saturated carbocycles. The van der Waals surface area contributed by atoms with Crippen molar-refractivity contribution < 1.29 is 14.1 Å². The van der Waals surface area contributed by atoms with Gasteiger partial charge in [0.2, 0.25) is 5.95 Å². The van der Waals surface area contributed by atoms with Gasteiger partial charge >= 0.3 is 5.97 Å². The van der Waals surface area contributed by atoms with Crippen LogP contribution in [-0.4, -0.2) is 68.8 Å². The first-order valence-electron chi connectivity index (χ1n) is 12.5. The van der Waals surface area contributed by atoms with Gasteiger partial charge in [0.25, 0.3) is 5.89 Å². The molecule has 12 heteroatoms. The van der Waals surface area contributed by atoms with Crippen LogP contribution in [0.5, 0.6) is 0 Å². The van der Waals surface area contributed by atoms with Crippen LogP contribution in [-0.2, 0) is 14.9 Å². The molecule has 0 radical (unpaired) electrons. The lowest BCUT2D eigenvalue weighted by Crippen LogP contribution is -2.55. The molecule has 4 aromatic rings. The summed E-state index contributed by atoms with van der Waals surface area (Å²) < 4.78 is 10.6. The maximum atomic E-state index is 12.2. The van der Waals surface area contributed by atoms with Crippen molar-refractivity contribution in [3.05, 3.63) is 60.4 Å². The van der Waals surface area contributed by atoms with E-state index in [0.717, 1.165) is 42.6 Å². The van der Waals surface area contributed by atoms with Gasteiger partial charge in [0, 0.05) is 50.0 Å². The molecule has 4 aromatic heterocycles. The van der Waals surface area contributed by atoms with Gasteiger partial charge in [0.1, 0.15) is 11.9 Å². The molecule has 1 aliphatic carbocycles. The number of pyridine rings is 2. The molecule has 0 bridgehead atoms. The van der Waals surface area contributed by atoms with Crippen molar-refractivity contribution >= 4 is 17.7 Å². The number of esters is 1. The van der Waals surface area contributed by atoms with Crippen molar-refractivity contribution in [2.45, 2.75) is 30.7 Å². The molecule has 0 amide bonds. The monoisotopic (exact) mass is 513 g/mol. The Bertz CT molecular complexity index is 1420. The smallest absolute Gasteiger partial charge is 0.329 e. The number of hydrogen-bond acceptors (Lipinski definition) is 12. The predicted molar refractivity (Wildman–Crippen MR) is 138 cm³/mol. The number of aromatic nitrogens is 6. The third kappa shape index (κ3) is 4.22. The summed E-state index contributed by atoms with van der Waals surface area (Å²) in [5.74, 6) is 1.67. The van der Waals surface area contributed by atoms with Crippen molar-refractivity contribution in [2.75, 3.05) is 37.4 Å². The Morgan fingerprint density at radius 2 is 1.89 bits per heavy atom. The zero-order valence-electron chi connectivity index (χ0n) is 20.9. The van der Waals surface area contributed by atoms with E-state index in [9.17, 15) is 4.79 Å². The summed E-state index contributed by atoms with van der Waals surface area (Å²) in [6.07, 6.45) is 9.77. The van der Waals surface area contributed by atoms with Crippen molar-refractivity contribution in [3.63, 3.8) is 0 Å². The summed E-state index contributed by atoms with van der Waals surface area (Å²) in [6.45, 7) is 1.92. The van der Waals surface area contributed by atoms with Gasteiger partial charge in [0.15, 0.2) is 5.82 Å². The topological polar surface area (TPSA) is 158 Å². The third-order valence-electron chi connectivity index (χ3n) is 7.35. The highest BCUT2D eigenvalue weighted by Crippen LogP contribution is 2.48. The number of nitrogens with two attached hydrogens (primary N) is 1. The van der Waals surface area contributed by atoms with Crippen LogP contribution in [0.2, 0.25) is 0 Å². The van der Waals surface area contributed by atoms with Crippen molar-refractivity contribution in [1.82, 2.24) is 35.4 Å². The van der Waals surface area contributed by atoms with Crippen LogP contribution >= 0.6 is 0 Å². The number of methoxy groups -OCH3 is 1. The van der Waals surface area contributed by atoms with E-state index in [4.69, 9.17) is 20.0 Å². The first-order valence-corrected chi connectivity index (χ1v) is 12.5. The molecule has 0 unspecified atom stereocenters. The second kappa shape index (κ2) is 9.78. The lowest BCUT2D eigenvalue weighted by Gasteiger charge is -2.39. The fourth-order valence-corrected chi connectivity index (χ4v) is 5.03. The fraction of sp³-hybridized carbons (Fsp3) is 0.346. The zero-order chi connectivity index (χ0) is 26.1. The van der Waals surface area contributed by atoms with Gasteiger partial charge in [-0.2, -0.15) is 4.98 Å². The number of carbonyl (C=O) groups excluding carboxylic acids is 1. The van der Waals surface area contributed by atoms with E-state index in [1.54, 1.807) is 18.6 Å². The minimum atomic E-state index is -0.423. The minimum absolute atomic E-state index is 0.228. The Morgan fingerprint density at radius 3 is 2.55 bits per heavy atom. The largest absolute Gasteiger partial charge is 0.467 e. The van der Waals surface area contributed by atoms with Gasteiger partial charge in [-0.3, -0.25) is 4.98 Å². The number of rotatable bonds is 6. The number of nitrogens with one attached hydrogen (secondary N) is 1. The maximum absolute atomic E-state index is 12.2. The van der Waals surface area contributed by atoms with E-state index >= 15 is 0 Å². The lowest BCUT2D eigenvalue weighted by atomic mass is 9.64. The summed E-state index contributed by atoms with van der Waals surface area (Å²) in [6, 6.07) is 7.33. The summed E-state index contributed by atoms with van der Waals surface area (Å²) in [4.78, 5) is 36.2. The van der Waals surface area contributed by atoms with Gasteiger partial charge in [-0.25, -0.2) is 19.7 Å². The SMILES string of the molecule is COC(=O)[C@@H]1CNCCN1c1ccc(-c2nc(C3(c4ccc(-c5cnc(N)nc5)nc4)CCC3)no2)cn1. The number of carbonyl (C=O) groups is 1. The van der Waals surface area contributed by atoms with Crippen LogP contribution in [0, 0.1) is 0 Å². The minimum Gasteiger partial charge on any atom is -0.467 e. The highest BCUT2D eigenvalue weighted by atomic mass is 16.5. The van der Waals surface area contributed by atoms with E-state index in [1.807, 2.05) is 29.3 Å². The van der Waals surface area contributed by atoms with Gasteiger partial charge in [-0.1, -0.05) is 17.6 Å². The quantitative estimate of drug-likeness (QED) is 0.362. The molecule has 1 aliphatic heterocycles. The molecule has 1 saturated heterocycles. The van der Waals surface area contributed by atoms with Crippen molar-refractivity contribution in [3.8, 4) is 22.7 Å². The van der Waals surface area contributed by atoms with E-state index < -0.39 is 6.04 Å². The Labute approximate surface area is 218 Å². The number of nitrogen functional groups attached to an aromatic ring is 1. The van der Waals surface area contributed by atoms with Crippen LogP contribution in [0.1, 0.15) is 30.7 Å². The molecule has 2 aliphatic rings. The number of ether oxygens (including phenoxy) is 1. The fourth-order valence-electron chi connectivity index (χ4n) is 5.03. The van der Waals surface area contributed by atoms with Crippen LogP contribution in [0.15, 0.2) is 53.6 Å². The second-order valence-electron chi connectivity index (χ2n) is 9.46. The van der Waals surface area contributed by atoms with Crippen LogP contribution in [0.3, 0.4) is 0 Å². The molecule has 2 fully saturated rings. The summed E-state index contributed by atoms with van der Waals surface area (Å²) >= 11 is 0. The highest BCUT2D eigenvalue weighted by Gasteiger charge is 2.45. The molecular weight excluding hydrogens is 486 g/mol. The maximum Gasteiger partial charge on any atom is 0.329 e. The Hall–Kier alpha value is -4.45. The Balaban J connectivity index is 1.22. The molecule has 0 aromatic carbocycles. The van der Waals surface area contributed by atoms with E-state index in [0.29, 0.717) is 36.2 Å².